The zero-order valence-electron chi connectivity index (χ0n) is 10.6. The van der Waals surface area contributed by atoms with Gasteiger partial charge < -0.3 is 5.21 Å². The van der Waals surface area contributed by atoms with Gasteiger partial charge >= 0.3 is 0 Å². The topological polar surface area (TPSA) is 53.0 Å². The van der Waals surface area contributed by atoms with Crippen molar-refractivity contribution in [1.82, 2.24) is 5.16 Å². The Hall–Kier alpha value is -2.27. The molecule has 0 unspecified atom stereocenters. The molecule has 2 aromatic carbocycles. The maximum atomic E-state index is 11.7. The van der Waals surface area contributed by atoms with Gasteiger partial charge in [-0.05, 0) is 10.5 Å². The van der Waals surface area contributed by atoms with Crippen LogP contribution in [-0.2, 0) is 5.75 Å². The third kappa shape index (κ3) is 2.67. The second kappa shape index (κ2) is 5.79. The van der Waals surface area contributed by atoms with Crippen LogP contribution >= 0.6 is 11.8 Å². The lowest BCUT2D eigenvalue weighted by Crippen LogP contribution is -2.25. The van der Waals surface area contributed by atoms with E-state index >= 15 is 0 Å². The van der Waals surface area contributed by atoms with E-state index in [1.54, 1.807) is 0 Å². The maximum Gasteiger partial charge on any atom is 0.283 e. The number of benzene rings is 2. The number of nitrogens with zero attached hydrogens (tertiary/aromatic N) is 2. The Labute approximate surface area is 120 Å². The Morgan fingerprint density at radius 3 is 2.35 bits per heavy atom. The monoisotopic (exact) mass is 284 g/mol. The molecule has 0 bridgehead atoms. The van der Waals surface area contributed by atoms with Crippen molar-refractivity contribution in [2.75, 3.05) is 0 Å². The predicted octanol–water partition coefficient (Wildman–Crippen LogP) is 3.27. The van der Waals surface area contributed by atoms with E-state index in [4.69, 9.17) is 4.63 Å². The molecule has 0 aliphatic carbocycles. The molecule has 0 amide bonds. The number of thioether (sulfide) groups is 1. The van der Waals surface area contributed by atoms with Crippen LogP contribution in [0.15, 0.2) is 70.3 Å². The standard InChI is InChI=1S/C15H12N2O2S/c18-17-14(13-9-5-2-6-10-13)15(16-19-17)20-11-12-7-3-1-4-8-12/h1-10H,11H2. The molecule has 1 heterocycles. The second-order valence-corrected chi connectivity index (χ2v) is 5.19. The molecule has 4 nitrogen and oxygen atoms in total. The summed E-state index contributed by atoms with van der Waals surface area (Å²) in [6.45, 7) is 0. The highest BCUT2D eigenvalue weighted by Crippen LogP contribution is 2.29. The van der Waals surface area contributed by atoms with E-state index in [2.05, 4.69) is 5.16 Å². The molecule has 3 aromatic rings. The molecule has 0 N–H and O–H groups in total. The SMILES string of the molecule is [O-][n+]1onc(SCc2ccccc2)c1-c1ccccc1. The molecule has 0 radical (unpaired) electrons. The van der Waals surface area contributed by atoms with Crippen molar-refractivity contribution in [2.45, 2.75) is 10.8 Å². The predicted molar refractivity (Wildman–Crippen MR) is 76.9 cm³/mol. The van der Waals surface area contributed by atoms with Crippen molar-refractivity contribution in [1.29, 1.82) is 0 Å². The van der Waals surface area contributed by atoms with Gasteiger partial charge in [0, 0.05) is 11.3 Å². The van der Waals surface area contributed by atoms with Gasteiger partial charge in [-0.25, -0.2) is 0 Å². The first-order chi connectivity index (χ1) is 9.84. The molecular weight excluding hydrogens is 272 g/mol. The quantitative estimate of drug-likeness (QED) is 0.545. The first kappa shape index (κ1) is 12.7. The molecule has 0 atom stereocenters. The molecule has 5 heteroatoms. The summed E-state index contributed by atoms with van der Waals surface area (Å²) in [6, 6.07) is 19.5. The minimum absolute atomic E-state index is 0.461. The van der Waals surface area contributed by atoms with Crippen LogP contribution in [0, 0.1) is 5.21 Å². The van der Waals surface area contributed by atoms with Crippen LogP contribution in [0.25, 0.3) is 11.3 Å². The van der Waals surface area contributed by atoms with Crippen LogP contribution in [-0.4, -0.2) is 5.16 Å². The largest absolute Gasteiger partial charge is 0.359 e. The highest BCUT2D eigenvalue weighted by molar-refractivity contribution is 7.98. The molecule has 0 saturated heterocycles. The third-order valence-corrected chi connectivity index (χ3v) is 3.87. The Bertz CT molecular complexity index is 684. The van der Waals surface area contributed by atoms with Gasteiger partial charge in [0.25, 0.3) is 5.03 Å². The fourth-order valence-corrected chi connectivity index (χ4v) is 2.79. The summed E-state index contributed by atoms with van der Waals surface area (Å²) >= 11 is 1.49. The van der Waals surface area contributed by atoms with Crippen LogP contribution in [0.1, 0.15) is 5.56 Å². The first-order valence-corrected chi connectivity index (χ1v) is 7.15. The Morgan fingerprint density at radius 1 is 1.00 bits per heavy atom. The summed E-state index contributed by atoms with van der Waals surface area (Å²) in [5, 5.41) is 16.2. The van der Waals surface area contributed by atoms with E-state index in [0.717, 1.165) is 11.3 Å². The molecule has 0 spiro atoms. The van der Waals surface area contributed by atoms with Crippen LogP contribution < -0.4 is 4.90 Å². The van der Waals surface area contributed by atoms with Gasteiger partial charge in [0.05, 0.1) is 5.16 Å². The zero-order valence-corrected chi connectivity index (χ0v) is 11.4. The van der Waals surface area contributed by atoms with Crippen LogP contribution in [0.2, 0.25) is 0 Å². The summed E-state index contributed by atoms with van der Waals surface area (Å²) in [4.78, 5) is 0.461. The Balaban J connectivity index is 1.85. The van der Waals surface area contributed by atoms with Crippen molar-refractivity contribution >= 4 is 11.8 Å². The minimum Gasteiger partial charge on any atom is -0.359 e. The van der Waals surface area contributed by atoms with Gasteiger partial charge in [-0.1, -0.05) is 72.4 Å². The number of rotatable bonds is 4. The molecule has 0 aliphatic rings. The average Bonchev–Trinajstić information content (AvgIpc) is 2.88. The summed E-state index contributed by atoms with van der Waals surface area (Å²) in [6.07, 6.45) is 0. The lowest BCUT2D eigenvalue weighted by Gasteiger charge is -1.99. The third-order valence-electron chi connectivity index (χ3n) is 2.85. The molecule has 3 rings (SSSR count). The van der Waals surface area contributed by atoms with Gasteiger partial charge in [0.15, 0.2) is 0 Å². The molecule has 0 saturated carbocycles. The van der Waals surface area contributed by atoms with E-state index < -0.39 is 0 Å². The molecule has 20 heavy (non-hydrogen) atoms. The molecule has 100 valence electrons. The lowest BCUT2D eigenvalue weighted by atomic mass is 10.2. The van der Waals surface area contributed by atoms with E-state index in [1.807, 2.05) is 60.7 Å². The Morgan fingerprint density at radius 2 is 1.65 bits per heavy atom. The van der Waals surface area contributed by atoms with E-state index in [0.29, 0.717) is 15.6 Å². The number of hydrogen-bond donors (Lipinski definition) is 0. The van der Waals surface area contributed by atoms with Gasteiger partial charge in [-0.2, -0.15) is 0 Å². The van der Waals surface area contributed by atoms with Crippen LogP contribution in [0.5, 0.6) is 0 Å². The van der Waals surface area contributed by atoms with E-state index in [1.165, 1.54) is 17.3 Å². The van der Waals surface area contributed by atoms with Gasteiger partial charge in [0.2, 0.25) is 5.69 Å². The number of hydrogen-bond acceptors (Lipinski definition) is 4. The highest BCUT2D eigenvalue weighted by atomic mass is 32.2. The fourth-order valence-electron chi connectivity index (χ4n) is 1.88. The fraction of sp³-hybridized carbons (Fsp3) is 0.0667. The van der Waals surface area contributed by atoms with Gasteiger partial charge in [0.1, 0.15) is 0 Å². The normalized spacial score (nSPS) is 10.6. The van der Waals surface area contributed by atoms with Crippen molar-refractivity contribution < 1.29 is 9.53 Å². The second-order valence-electron chi connectivity index (χ2n) is 4.22. The molecule has 1 aromatic heterocycles. The average molecular weight is 284 g/mol. The van der Waals surface area contributed by atoms with Crippen LogP contribution in [0.4, 0.5) is 0 Å². The molecule has 0 aliphatic heterocycles. The van der Waals surface area contributed by atoms with E-state index in [-0.39, 0.29) is 0 Å². The van der Waals surface area contributed by atoms with Crippen molar-refractivity contribution in [3.8, 4) is 11.3 Å². The Kier molecular flexibility index (Phi) is 3.69. The van der Waals surface area contributed by atoms with Gasteiger partial charge in [-0.15, -0.1) is 0 Å². The summed E-state index contributed by atoms with van der Waals surface area (Å²) in [5.41, 5.74) is 2.45. The van der Waals surface area contributed by atoms with Crippen molar-refractivity contribution in [2.24, 2.45) is 0 Å². The summed E-state index contributed by atoms with van der Waals surface area (Å²) in [5.74, 6) is 0.743. The lowest BCUT2D eigenvalue weighted by molar-refractivity contribution is -0.793. The van der Waals surface area contributed by atoms with Crippen molar-refractivity contribution in [3.63, 3.8) is 0 Å². The number of aromatic nitrogens is 2. The smallest absolute Gasteiger partial charge is 0.283 e. The van der Waals surface area contributed by atoms with Crippen molar-refractivity contribution in [3.05, 3.63) is 71.4 Å². The zero-order chi connectivity index (χ0) is 13.8. The van der Waals surface area contributed by atoms with E-state index in [9.17, 15) is 5.21 Å². The highest BCUT2D eigenvalue weighted by Gasteiger charge is 2.21. The van der Waals surface area contributed by atoms with Crippen LogP contribution in [0.3, 0.4) is 0 Å². The summed E-state index contributed by atoms with van der Waals surface area (Å²) < 4.78 is 4.73. The molecule has 0 fully saturated rings. The summed E-state index contributed by atoms with van der Waals surface area (Å²) in [7, 11) is 0. The maximum absolute atomic E-state index is 11.7. The van der Waals surface area contributed by atoms with Gasteiger partial charge in [-0.3, -0.25) is 4.63 Å². The molecular formula is C15H12N2O2S. The minimum atomic E-state index is 0.461. The first-order valence-electron chi connectivity index (χ1n) is 6.16.